The Bertz CT molecular complexity index is 539. The lowest BCUT2D eigenvalue weighted by atomic mass is 10.1. The standard InChI is InChI=1S/C16H22N2O4/c1-3-15(19)17-13-11-12(16(20)22-4-2)5-6-14(13)18-7-9-21-10-8-18/h5-6,11H,3-4,7-10H2,1-2H3,(H,17,19). The Morgan fingerprint density at radius 3 is 2.64 bits per heavy atom. The molecule has 1 fully saturated rings. The highest BCUT2D eigenvalue weighted by atomic mass is 16.5. The SMILES string of the molecule is CCOC(=O)c1ccc(N2CCOCC2)c(NC(=O)CC)c1. The minimum absolute atomic E-state index is 0.0875. The Balaban J connectivity index is 2.30. The third kappa shape index (κ3) is 3.98. The lowest BCUT2D eigenvalue weighted by Gasteiger charge is -2.30. The van der Waals surface area contributed by atoms with Gasteiger partial charge in [0.05, 0.1) is 36.8 Å². The van der Waals surface area contributed by atoms with E-state index < -0.39 is 0 Å². The van der Waals surface area contributed by atoms with Gasteiger partial charge in [0.2, 0.25) is 5.91 Å². The number of rotatable bonds is 5. The van der Waals surface area contributed by atoms with Crippen LogP contribution in [0.15, 0.2) is 18.2 Å². The molecule has 0 unspecified atom stereocenters. The molecule has 1 amide bonds. The zero-order chi connectivity index (χ0) is 15.9. The number of hydrogen-bond donors (Lipinski definition) is 1. The molecule has 1 N–H and O–H groups in total. The van der Waals surface area contributed by atoms with Crippen molar-refractivity contribution < 1.29 is 19.1 Å². The van der Waals surface area contributed by atoms with Crippen LogP contribution in [0.5, 0.6) is 0 Å². The van der Waals surface area contributed by atoms with E-state index in [9.17, 15) is 9.59 Å². The van der Waals surface area contributed by atoms with Crippen molar-refractivity contribution >= 4 is 23.3 Å². The van der Waals surface area contributed by atoms with Crippen LogP contribution in [0.1, 0.15) is 30.6 Å². The summed E-state index contributed by atoms with van der Waals surface area (Å²) < 4.78 is 10.4. The fourth-order valence-electron chi connectivity index (χ4n) is 2.30. The number of morpholine rings is 1. The highest BCUT2D eigenvalue weighted by molar-refractivity contribution is 5.98. The van der Waals surface area contributed by atoms with Gasteiger partial charge in [-0.05, 0) is 25.1 Å². The quantitative estimate of drug-likeness (QED) is 0.843. The van der Waals surface area contributed by atoms with Crippen molar-refractivity contribution in [3.8, 4) is 0 Å². The maximum atomic E-state index is 11.9. The van der Waals surface area contributed by atoms with Gasteiger partial charge in [-0.2, -0.15) is 0 Å². The van der Waals surface area contributed by atoms with Crippen LogP contribution in [0.4, 0.5) is 11.4 Å². The fourth-order valence-corrected chi connectivity index (χ4v) is 2.30. The van der Waals surface area contributed by atoms with Gasteiger partial charge in [-0.25, -0.2) is 4.79 Å². The zero-order valence-corrected chi connectivity index (χ0v) is 13.1. The molecule has 1 aromatic rings. The predicted molar refractivity (Wildman–Crippen MR) is 84.4 cm³/mol. The minimum atomic E-state index is -0.386. The summed E-state index contributed by atoms with van der Waals surface area (Å²) in [4.78, 5) is 25.8. The van der Waals surface area contributed by atoms with Gasteiger partial charge >= 0.3 is 5.97 Å². The summed E-state index contributed by atoms with van der Waals surface area (Å²) in [5, 5.41) is 2.87. The molecule has 0 aromatic heterocycles. The first-order valence-corrected chi connectivity index (χ1v) is 7.59. The molecule has 0 bridgehead atoms. The number of carbonyl (C=O) groups excluding carboxylic acids is 2. The lowest BCUT2D eigenvalue weighted by molar-refractivity contribution is -0.115. The maximum absolute atomic E-state index is 11.9. The normalized spacial score (nSPS) is 14.5. The van der Waals surface area contributed by atoms with Crippen LogP contribution in [0, 0.1) is 0 Å². The number of amides is 1. The van der Waals surface area contributed by atoms with Gasteiger partial charge < -0.3 is 19.7 Å². The maximum Gasteiger partial charge on any atom is 0.338 e. The van der Waals surface area contributed by atoms with E-state index in [0.717, 1.165) is 18.8 Å². The average molecular weight is 306 g/mol. The second kappa shape index (κ2) is 7.79. The van der Waals surface area contributed by atoms with Crippen LogP contribution in [-0.4, -0.2) is 44.8 Å². The summed E-state index contributed by atoms with van der Waals surface area (Å²) in [6.07, 6.45) is 0.381. The summed E-state index contributed by atoms with van der Waals surface area (Å²) in [6, 6.07) is 5.25. The van der Waals surface area contributed by atoms with Crippen LogP contribution < -0.4 is 10.2 Å². The summed E-state index contributed by atoms with van der Waals surface area (Å²) in [7, 11) is 0. The first-order chi connectivity index (χ1) is 10.7. The number of hydrogen-bond acceptors (Lipinski definition) is 5. The van der Waals surface area contributed by atoms with Gasteiger partial charge in [0, 0.05) is 19.5 Å². The summed E-state index contributed by atoms with van der Waals surface area (Å²) in [6.45, 7) is 6.70. The third-order valence-corrected chi connectivity index (χ3v) is 3.45. The van der Waals surface area contributed by atoms with Crippen molar-refractivity contribution in [1.29, 1.82) is 0 Å². The monoisotopic (exact) mass is 306 g/mol. The van der Waals surface area contributed by atoms with E-state index in [1.165, 1.54) is 0 Å². The van der Waals surface area contributed by atoms with Gasteiger partial charge in [-0.1, -0.05) is 6.92 Å². The molecule has 0 radical (unpaired) electrons. The third-order valence-electron chi connectivity index (χ3n) is 3.45. The van der Waals surface area contributed by atoms with E-state index in [1.807, 2.05) is 6.07 Å². The summed E-state index contributed by atoms with van der Waals surface area (Å²) in [5.41, 5.74) is 1.97. The van der Waals surface area contributed by atoms with Crippen LogP contribution in [0.3, 0.4) is 0 Å². The Morgan fingerprint density at radius 2 is 2.00 bits per heavy atom. The largest absolute Gasteiger partial charge is 0.462 e. The molecule has 6 heteroatoms. The lowest BCUT2D eigenvalue weighted by Crippen LogP contribution is -2.36. The highest BCUT2D eigenvalue weighted by Crippen LogP contribution is 2.28. The van der Waals surface area contributed by atoms with E-state index in [4.69, 9.17) is 9.47 Å². The fraction of sp³-hybridized carbons (Fsp3) is 0.500. The highest BCUT2D eigenvalue weighted by Gasteiger charge is 2.18. The minimum Gasteiger partial charge on any atom is -0.462 e. The van der Waals surface area contributed by atoms with Crippen LogP contribution >= 0.6 is 0 Å². The van der Waals surface area contributed by atoms with Gasteiger partial charge in [0.25, 0.3) is 0 Å². The Kier molecular flexibility index (Phi) is 5.77. The number of esters is 1. The molecular weight excluding hydrogens is 284 g/mol. The molecule has 1 heterocycles. The predicted octanol–water partition coefficient (Wildman–Crippen LogP) is 2.05. The van der Waals surface area contributed by atoms with E-state index in [1.54, 1.807) is 26.0 Å². The topological polar surface area (TPSA) is 67.9 Å². The number of benzene rings is 1. The molecule has 22 heavy (non-hydrogen) atoms. The number of carbonyl (C=O) groups is 2. The summed E-state index contributed by atoms with van der Waals surface area (Å²) in [5.74, 6) is -0.474. The molecule has 120 valence electrons. The zero-order valence-electron chi connectivity index (χ0n) is 13.1. The molecule has 1 aliphatic heterocycles. The number of ether oxygens (including phenoxy) is 2. The molecule has 1 aromatic carbocycles. The first-order valence-electron chi connectivity index (χ1n) is 7.59. The first kappa shape index (κ1) is 16.3. The number of nitrogens with zero attached hydrogens (tertiary/aromatic N) is 1. The van der Waals surface area contributed by atoms with Crippen molar-refractivity contribution in [2.45, 2.75) is 20.3 Å². The van der Waals surface area contributed by atoms with Crippen molar-refractivity contribution in [1.82, 2.24) is 0 Å². The van der Waals surface area contributed by atoms with E-state index in [2.05, 4.69) is 10.2 Å². The number of nitrogens with one attached hydrogen (secondary N) is 1. The van der Waals surface area contributed by atoms with Crippen molar-refractivity contribution in [3.63, 3.8) is 0 Å². The van der Waals surface area contributed by atoms with Crippen molar-refractivity contribution in [3.05, 3.63) is 23.8 Å². The molecule has 0 saturated carbocycles. The van der Waals surface area contributed by atoms with Gasteiger partial charge in [0.1, 0.15) is 0 Å². The summed E-state index contributed by atoms with van der Waals surface area (Å²) >= 11 is 0. The van der Waals surface area contributed by atoms with Crippen LogP contribution in [0.25, 0.3) is 0 Å². The Labute approximate surface area is 130 Å². The van der Waals surface area contributed by atoms with Gasteiger partial charge in [-0.15, -0.1) is 0 Å². The molecule has 1 saturated heterocycles. The van der Waals surface area contributed by atoms with Crippen molar-refractivity contribution in [2.24, 2.45) is 0 Å². The van der Waals surface area contributed by atoms with E-state index in [-0.39, 0.29) is 11.9 Å². The average Bonchev–Trinajstić information content (AvgIpc) is 2.55. The molecule has 1 aliphatic rings. The van der Waals surface area contributed by atoms with E-state index >= 15 is 0 Å². The van der Waals surface area contributed by atoms with Crippen molar-refractivity contribution in [2.75, 3.05) is 43.1 Å². The molecule has 0 aliphatic carbocycles. The number of anilines is 2. The molecule has 2 rings (SSSR count). The van der Waals surface area contributed by atoms with Gasteiger partial charge in [-0.3, -0.25) is 4.79 Å². The smallest absolute Gasteiger partial charge is 0.338 e. The Hall–Kier alpha value is -2.08. The second-order valence-electron chi connectivity index (χ2n) is 4.95. The Morgan fingerprint density at radius 1 is 1.27 bits per heavy atom. The van der Waals surface area contributed by atoms with Crippen LogP contribution in [-0.2, 0) is 14.3 Å². The van der Waals surface area contributed by atoms with Crippen LogP contribution in [0.2, 0.25) is 0 Å². The molecule has 0 atom stereocenters. The van der Waals surface area contributed by atoms with Gasteiger partial charge in [0.15, 0.2) is 0 Å². The molecule has 0 spiro atoms. The second-order valence-corrected chi connectivity index (χ2v) is 4.95. The van der Waals surface area contributed by atoms with E-state index in [0.29, 0.717) is 37.5 Å². The molecular formula is C16H22N2O4. The molecule has 6 nitrogen and oxygen atoms in total.